The van der Waals surface area contributed by atoms with Crippen LogP contribution < -0.4 is 5.32 Å². The molecule has 0 aliphatic heterocycles. The molecule has 1 unspecified atom stereocenters. The summed E-state index contributed by atoms with van der Waals surface area (Å²) in [6.07, 6.45) is 3.28. The van der Waals surface area contributed by atoms with Gasteiger partial charge in [0.1, 0.15) is 11.9 Å². The van der Waals surface area contributed by atoms with Crippen molar-refractivity contribution in [1.82, 2.24) is 14.9 Å². The number of hydrogen-bond donors (Lipinski definition) is 2. The molecule has 0 bridgehead atoms. The molecule has 1 rings (SSSR count). The van der Waals surface area contributed by atoms with Crippen molar-refractivity contribution < 1.29 is 9.90 Å². The fourth-order valence-electron chi connectivity index (χ4n) is 1.11. The quantitative estimate of drug-likeness (QED) is 0.702. The average Bonchev–Trinajstić information content (AvgIpc) is 2.52. The van der Waals surface area contributed by atoms with E-state index in [2.05, 4.69) is 10.3 Å². The number of rotatable bonds is 4. The number of carbonyl (C=O) groups is 1. The third kappa shape index (κ3) is 2.06. The first-order valence-corrected chi connectivity index (χ1v) is 4.06. The minimum Gasteiger partial charge on any atom is -0.480 e. The predicted octanol–water partition coefficient (Wildman–Crippen LogP) is 0.248. The third-order valence-corrected chi connectivity index (χ3v) is 1.86. The Morgan fingerprint density at radius 3 is 3.08 bits per heavy atom. The highest BCUT2D eigenvalue weighted by Crippen LogP contribution is 2.08. The van der Waals surface area contributed by atoms with Crippen molar-refractivity contribution in [2.45, 2.75) is 19.5 Å². The maximum atomic E-state index is 10.7. The van der Waals surface area contributed by atoms with Crippen molar-refractivity contribution in [3.8, 4) is 0 Å². The summed E-state index contributed by atoms with van der Waals surface area (Å²) in [7, 11) is 1.80. The van der Waals surface area contributed by atoms with Crippen LogP contribution in [0, 0.1) is 0 Å². The zero-order chi connectivity index (χ0) is 9.84. The molecule has 72 valence electrons. The van der Waals surface area contributed by atoms with E-state index in [1.807, 2.05) is 0 Å². The lowest BCUT2D eigenvalue weighted by atomic mass is 10.3. The van der Waals surface area contributed by atoms with E-state index in [9.17, 15) is 4.79 Å². The van der Waals surface area contributed by atoms with E-state index in [1.54, 1.807) is 30.9 Å². The molecule has 1 heterocycles. The molecular weight excluding hydrogens is 170 g/mol. The third-order valence-electron chi connectivity index (χ3n) is 1.86. The van der Waals surface area contributed by atoms with Gasteiger partial charge in [-0.25, -0.2) is 9.78 Å². The minimum absolute atomic E-state index is 0.564. The van der Waals surface area contributed by atoms with Crippen LogP contribution in [-0.2, 0) is 11.3 Å². The molecule has 0 fully saturated rings. The van der Waals surface area contributed by atoms with E-state index < -0.39 is 12.0 Å². The summed E-state index contributed by atoms with van der Waals surface area (Å²) >= 11 is 0. The van der Waals surface area contributed by atoms with E-state index in [-0.39, 0.29) is 0 Å². The molecule has 13 heavy (non-hydrogen) atoms. The molecule has 0 aromatic carbocycles. The molecule has 1 aromatic heterocycles. The van der Waals surface area contributed by atoms with Gasteiger partial charge < -0.3 is 15.0 Å². The van der Waals surface area contributed by atoms with Gasteiger partial charge in [0.15, 0.2) is 0 Å². The van der Waals surface area contributed by atoms with Crippen LogP contribution >= 0.6 is 0 Å². The summed E-state index contributed by atoms with van der Waals surface area (Å²) < 4.78 is 1.64. The van der Waals surface area contributed by atoms with Crippen LogP contribution in [0.15, 0.2) is 12.4 Å². The number of nitrogens with one attached hydrogen (secondary N) is 1. The summed E-state index contributed by atoms with van der Waals surface area (Å²) in [6, 6.07) is -0.564. The Bertz CT molecular complexity index is 295. The van der Waals surface area contributed by atoms with E-state index in [4.69, 9.17) is 5.11 Å². The van der Waals surface area contributed by atoms with E-state index >= 15 is 0 Å². The van der Waals surface area contributed by atoms with Crippen molar-refractivity contribution in [3.63, 3.8) is 0 Å². The summed E-state index contributed by atoms with van der Waals surface area (Å²) in [4.78, 5) is 14.7. The molecule has 1 atom stereocenters. The van der Waals surface area contributed by atoms with Crippen molar-refractivity contribution in [2.75, 3.05) is 7.05 Å². The van der Waals surface area contributed by atoms with Gasteiger partial charge >= 0.3 is 5.97 Å². The molecule has 2 N–H and O–H groups in total. The maximum absolute atomic E-state index is 10.7. The van der Waals surface area contributed by atoms with Gasteiger partial charge in [-0.2, -0.15) is 0 Å². The number of carboxylic acids is 1. The highest BCUT2D eigenvalue weighted by Gasteiger charge is 2.15. The molecule has 0 saturated carbocycles. The zero-order valence-corrected chi connectivity index (χ0v) is 7.69. The van der Waals surface area contributed by atoms with Crippen LogP contribution in [0.3, 0.4) is 0 Å². The first-order valence-electron chi connectivity index (χ1n) is 4.06. The number of aromatic nitrogens is 2. The summed E-state index contributed by atoms with van der Waals surface area (Å²) in [6.45, 7) is 2.20. The highest BCUT2D eigenvalue weighted by atomic mass is 16.4. The van der Waals surface area contributed by atoms with Crippen LogP contribution in [0.4, 0.5) is 0 Å². The van der Waals surface area contributed by atoms with Crippen LogP contribution in [0.5, 0.6) is 0 Å². The molecule has 5 heteroatoms. The Morgan fingerprint density at radius 2 is 2.54 bits per heavy atom. The van der Waals surface area contributed by atoms with Gasteiger partial charge in [-0.15, -0.1) is 0 Å². The van der Waals surface area contributed by atoms with Gasteiger partial charge in [-0.3, -0.25) is 0 Å². The lowest BCUT2D eigenvalue weighted by Crippen LogP contribution is -2.20. The molecule has 0 aliphatic carbocycles. The monoisotopic (exact) mass is 183 g/mol. The predicted molar refractivity (Wildman–Crippen MR) is 47.3 cm³/mol. The number of aliphatic carboxylic acids is 1. The number of imidazole rings is 1. The molecule has 0 radical (unpaired) electrons. The molecule has 0 amide bonds. The second-order valence-electron chi connectivity index (χ2n) is 2.80. The smallest absolute Gasteiger partial charge is 0.326 e. The standard InChI is InChI=1S/C8H13N3O2/c1-6(8(12)13)11-4-3-10-7(11)5-9-2/h3-4,6,9H,5H2,1-2H3,(H,12,13). The van der Waals surface area contributed by atoms with E-state index in [1.165, 1.54) is 0 Å². The first kappa shape index (κ1) is 9.73. The second-order valence-corrected chi connectivity index (χ2v) is 2.80. The maximum Gasteiger partial charge on any atom is 0.326 e. The Labute approximate surface area is 76.4 Å². The van der Waals surface area contributed by atoms with E-state index in [0.29, 0.717) is 6.54 Å². The fourth-order valence-corrected chi connectivity index (χ4v) is 1.11. The summed E-state index contributed by atoms with van der Waals surface area (Å²) in [5.74, 6) is -0.118. The van der Waals surface area contributed by atoms with Gasteiger partial charge in [0.2, 0.25) is 0 Å². The van der Waals surface area contributed by atoms with Gasteiger partial charge in [0.05, 0.1) is 6.54 Å². The Balaban J connectivity index is 2.86. The van der Waals surface area contributed by atoms with Crippen LogP contribution in [0.2, 0.25) is 0 Å². The lowest BCUT2D eigenvalue weighted by molar-refractivity contribution is -0.140. The Kier molecular flexibility index (Phi) is 3.02. The van der Waals surface area contributed by atoms with Crippen molar-refractivity contribution in [2.24, 2.45) is 0 Å². The zero-order valence-electron chi connectivity index (χ0n) is 7.69. The van der Waals surface area contributed by atoms with Crippen LogP contribution in [0.1, 0.15) is 18.8 Å². The van der Waals surface area contributed by atoms with Crippen molar-refractivity contribution in [3.05, 3.63) is 18.2 Å². The Hall–Kier alpha value is -1.36. The summed E-state index contributed by atoms with van der Waals surface area (Å²) in [5.41, 5.74) is 0. The van der Waals surface area contributed by atoms with Crippen molar-refractivity contribution in [1.29, 1.82) is 0 Å². The molecular formula is C8H13N3O2. The van der Waals surface area contributed by atoms with Crippen molar-refractivity contribution >= 4 is 5.97 Å². The lowest BCUT2D eigenvalue weighted by Gasteiger charge is -2.11. The van der Waals surface area contributed by atoms with Gasteiger partial charge in [0.25, 0.3) is 0 Å². The largest absolute Gasteiger partial charge is 0.480 e. The van der Waals surface area contributed by atoms with Crippen LogP contribution in [0.25, 0.3) is 0 Å². The molecule has 5 nitrogen and oxygen atoms in total. The Morgan fingerprint density at radius 1 is 1.85 bits per heavy atom. The fraction of sp³-hybridized carbons (Fsp3) is 0.500. The second kappa shape index (κ2) is 4.04. The number of hydrogen-bond acceptors (Lipinski definition) is 3. The highest BCUT2D eigenvalue weighted by molar-refractivity contribution is 5.71. The molecule has 0 saturated heterocycles. The molecule has 0 spiro atoms. The summed E-state index contributed by atoms with van der Waals surface area (Å²) in [5, 5.41) is 11.7. The topological polar surface area (TPSA) is 67.2 Å². The van der Waals surface area contributed by atoms with Gasteiger partial charge in [0, 0.05) is 12.4 Å². The SMILES string of the molecule is CNCc1nccn1C(C)C(=O)O. The first-order chi connectivity index (χ1) is 6.16. The van der Waals surface area contributed by atoms with E-state index in [0.717, 1.165) is 5.82 Å². The van der Waals surface area contributed by atoms with Gasteiger partial charge in [-0.05, 0) is 14.0 Å². The van der Waals surface area contributed by atoms with Gasteiger partial charge in [-0.1, -0.05) is 0 Å². The molecule has 1 aromatic rings. The molecule has 0 aliphatic rings. The minimum atomic E-state index is -0.852. The number of carboxylic acid groups (broad SMARTS) is 1. The number of nitrogens with zero attached hydrogens (tertiary/aromatic N) is 2. The van der Waals surface area contributed by atoms with Crippen LogP contribution in [-0.4, -0.2) is 27.7 Å². The normalized spacial score (nSPS) is 12.8. The average molecular weight is 183 g/mol.